The van der Waals surface area contributed by atoms with Crippen LogP contribution in [0.15, 0.2) is 18.2 Å². The van der Waals surface area contributed by atoms with E-state index in [0.29, 0.717) is 0 Å². The van der Waals surface area contributed by atoms with E-state index in [-0.39, 0.29) is 5.54 Å². The van der Waals surface area contributed by atoms with E-state index in [1.54, 1.807) is 0 Å². The molecule has 1 saturated heterocycles. The topological polar surface area (TPSA) is 30.5 Å². The molecule has 1 aromatic carbocycles. The Morgan fingerprint density at radius 1 is 1.05 bits per heavy atom. The van der Waals surface area contributed by atoms with Gasteiger partial charge in [0.05, 0.1) is 13.2 Å². The van der Waals surface area contributed by atoms with E-state index < -0.39 is 0 Å². The Labute approximate surface area is 128 Å². The molecule has 2 aliphatic heterocycles. The van der Waals surface area contributed by atoms with Gasteiger partial charge in [0.1, 0.15) is 0 Å². The van der Waals surface area contributed by atoms with Gasteiger partial charge in [-0.15, -0.1) is 0 Å². The number of rotatable bonds is 3. The molecular weight excluding hydrogens is 262 g/mol. The van der Waals surface area contributed by atoms with Crippen LogP contribution < -0.4 is 14.8 Å². The molecule has 0 spiro atoms. The van der Waals surface area contributed by atoms with Gasteiger partial charge in [-0.05, 0) is 43.5 Å². The van der Waals surface area contributed by atoms with E-state index in [1.807, 2.05) is 0 Å². The van der Waals surface area contributed by atoms with Crippen LogP contribution in [0.5, 0.6) is 11.5 Å². The molecule has 21 heavy (non-hydrogen) atoms. The molecule has 3 heteroatoms. The van der Waals surface area contributed by atoms with Gasteiger partial charge < -0.3 is 14.8 Å². The monoisotopic (exact) mass is 289 g/mol. The molecule has 1 N–H and O–H groups in total. The van der Waals surface area contributed by atoms with E-state index in [2.05, 4.69) is 30.4 Å². The van der Waals surface area contributed by atoms with E-state index in [1.165, 1.54) is 44.1 Å². The molecule has 0 aromatic heterocycles. The van der Waals surface area contributed by atoms with Crippen molar-refractivity contribution in [3.8, 4) is 11.5 Å². The fraction of sp³-hybridized carbons (Fsp3) is 0.667. The lowest BCUT2D eigenvalue weighted by Gasteiger charge is -2.35. The molecule has 1 aromatic rings. The minimum atomic E-state index is 0.121. The highest BCUT2D eigenvalue weighted by molar-refractivity contribution is 5.45. The van der Waals surface area contributed by atoms with Gasteiger partial charge in [-0.3, -0.25) is 0 Å². The Bertz CT molecular complexity index is 464. The highest BCUT2D eigenvalue weighted by Crippen LogP contribution is 2.39. The zero-order valence-corrected chi connectivity index (χ0v) is 13.1. The van der Waals surface area contributed by atoms with Crippen LogP contribution in [0.4, 0.5) is 0 Å². The Morgan fingerprint density at radius 3 is 2.76 bits per heavy atom. The van der Waals surface area contributed by atoms with Gasteiger partial charge in [0.25, 0.3) is 0 Å². The van der Waals surface area contributed by atoms with Crippen LogP contribution in [0.1, 0.15) is 57.4 Å². The largest absolute Gasteiger partial charge is 0.490 e. The molecule has 2 heterocycles. The zero-order valence-electron chi connectivity index (χ0n) is 13.1. The summed E-state index contributed by atoms with van der Waals surface area (Å²) < 4.78 is 11.6. The highest BCUT2D eigenvalue weighted by Gasteiger charge is 2.32. The maximum atomic E-state index is 5.88. The summed E-state index contributed by atoms with van der Waals surface area (Å²) in [5.74, 6) is 1.82. The van der Waals surface area contributed by atoms with Crippen LogP contribution in [0.2, 0.25) is 0 Å². The van der Waals surface area contributed by atoms with Crippen molar-refractivity contribution in [1.29, 1.82) is 0 Å². The lowest BCUT2D eigenvalue weighted by Crippen LogP contribution is -2.41. The summed E-state index contributed by atoms with van der Waals surface area (Å²) in [4.78, 5) is 0. The molecular formula is C18H27NO2. The first-order valence-corrected chi connectivity index (χ1v) is 8.49. The first kappa shape index (κ1) is 14.7. The first-order chi connectivity index (χ1) is 10.3. The fourth-order valence-electron chi connectivity index (χ4n) is 3.64. The smallest absolute Gasteiger partial charge is 0.161 e. The predicted octanol–water partition coefficient (Wildman–Crippen LogP) is 4.01. The maximum Gasteiger partial charge on any atom is 0.161 e. The van der Waals surface area contributed by atoms with Crippen LogP contribution in [-0.4, -0.2) is 19.8 Å². The number of fused-ring (bicyclic) bond motifs is 1. The summed E-state index contributed by atoms with van der Waals surface area (Å²) in [6.07, 6.45) is 8.50. The maximum absolute atomic E-state index is 5.88. The summed E-state index contributed by atoms with van der Waals surface area (Å²) in [6.45, 7) is 4.90. The molecule has 0 radical (unpaired) electrons. The quantitative estimate of drug-likeness (QED) is 0.912. The number of ether oxygens (including phenoxy) is 2. The predicted molar refractivity (Wildman–Crippen MR) is 85.1 cm³/mol. The fourth-order valence-corrected chi connectivity index (χ4v) is 3.64. The van der Waals surface area contributed by atoms with Crippen molar-refractivity contribution in [2.75, 3.05) is 19.8 Å². The minimum absolute atomic E-state index is 0.121. The molecule has 3 nitrogen and oxygen atoms in total. The molecule has 0 bridgehead atoms. The number of nitrogens with one attached hydrogen (secondary N) is 1. The van der Waals surface area contributed by atoms with Crippen LogP contribution in [-0.2, 0) is 5.54 Å². The van der Waals surface area contributed by atoms with Crippen molar-refractivity contribution in [3.05, 3.63) is 23.8 Å². The van der Waals surface area contributed by atoms with Gasteiger partial charge in [0, 0.05) is 12.0 Å². The molecule has 3 rings (SSSR count). The zero-order chi connectivity index (χ0) is 14.5. The molecule has 116 valence electrons. The van der Waals surface area contributed by atoms with Gasteiger partial charge in [0.15, 0.2) is 11.5 Å². The van der Waals surface area contributed by atoms with E-state index >= 15 is 0 Å². The molecule has 2 aliphatic rings. The standard InChI is InChI=1S/C18H27NO2/c1-2-9-18(10-4-3-5-11-19-18)15-7-8-16-17(14-15)21-13-6-12-20-16/h7-8,14,19H,2-6,9-13H2,1H3. The molecule has 0 aliphatic carbocycles. The summed E-state index contributed by atoms with van der Waals surface area (Å²) >= 11 is 0. The summed E-state index contributed by atoms with van der Waals surface area (Å²) in [5, 5.41) is 3.84. The minimum Gasteiger partial charge on any atom is -0.490 e. The third kappa shape index (κ3) is 3.18. The van der Waals surface area contributed by atoms with Gasteiger partial charge >= 0.3 is 0 Å². The normalized spacial score (nSPS) is 26.0. The third-order valence-electron chi connectivity index (χ3n) is 4.72. The van der Waals surface area contributed by atoms with Crippen molar-refractivity contribution in [2.24, 2.45) is 0 Å². The van der Waals surface area contributed by atoms with Crippen molar-refractivity contribution in [1.82, 2.24) is 5.32 Å². The van der Waals surface area contributed by atoms with E-state index in [4.69, 9.17) is 9.47 Å². The average Bonchev–Trinajstić information content (AvgIpc) is 2.87. The molecule has 1 unspecified atom stereocenters. The van der Waals surface area contributed by atoms with Gasteiger partial charge in [-0.25, -0.2) is 0 Å². The summed E-state index contributed by atoms with van der Waals surface area (Å²) in [5.41, 5.74) is 1.49. The van der Waals surface area contributed by atoms with Crippen molar-refractivity contribution in [3.63, 3.8) is 0 Å². The van der Waals surface area contributed by atoms with Crippen LogP contribution in [0.25, 0.3) is 0 Å². The molecule has 1 fully saturated rings. The summed E-state index contributed by atoms with van der Waals surface area (Å²) in [7, 11) is 0. The molecule has 0 amide bonds. The van der Waals surface area contributed by atoms with Crippen molar-refractivity contribution < 1.29 is 9.47 Å². The second kappa shape index (κ2) is 6.69. The Kier molecular flexibility index (Phi) is 4.69. The molecule has 0 saturated carbocycles. The SMILES string of the molecule is CCCC1(c2ccc3c(c2)OCCCO3)CCCCCN1. The number of benzene rings is 1. The lowest BCUT2D eigenvalue weighted by molar-refractivity contribution is 0.290. The second-order valence-electron chi connectivity index (χ2n) is 6.28. The van der Waals surface area contributed by atoms with Crippen molar-refractivity contribution >= 4 is 0 Å². The van der Waals surface area contributed by atoms with E-state index in [9.17, 15) is 0 Å². The third-order valence-corrected chi connectivity index (χ3v) is 4.72. The van der Waals surface area contributed by atoms with Crippen LogP contribution in [0, 0.1) is 0 Å². The highest BCUT2D eigenvalue weighted by atomic mass is 16.5. The van der Waals surface area contributed by atoms with Gasteiger partial charge in [-0.1, -0.05) is 32.3 Å². The number of hydrogen-bond acceptors (Lipinski definition) is 3. The lowest BCUT2D eigenvalue weighted by atomic mass is 9.81. The number of hydrogen-bond donors (Lipinski definition) is 1. The first-order valence-electron chi connectivity index (χ1n) is 8.49. The Morgan fingerprint density at radius 2 is 1.90 bits per heavy atom. The average molecular weight is 289 g/mol. The van der Waals surface area contributed by atoms with Gasteiger partial charge in [-0.2, -0.15) is 0 Å². The van der Waals surface area contributed by atoms with Crippen LogP contribution >= 0.6 is 0 Å². The summed E-state index contributed by atoms with van der Waals surface area (Å²) in [6, 6.07) is 6.55. The van der Waals surface area contributed by atoms with Crippen molar-refractivity contribution in [2.45, 2.75) is 57.4 Å². The van der Waals surface area contributed by atoms with E-state index in [0.717, 1.165) is 37.7 Å². The Balaban J connectivity index is 1.93. The molecule has 1 atom stereocenters. The second-order valence-corrected chi connectivity index (χ2v) is 6.28. The van der Waals surface area contributed by atoms with Crippen LogP contribution in [0.3, 0.4) is 0 Å². The van der Waals surface area contributed by atoms with Gasteiger partial charge in [0.2, 0.25) is 0 Å². The Hall–Kier alpha value is -1.22.